The Morgan fingerprint density at radius 1 is 1.14 bits per heavy atom. The standard InChI is InChI=1S/C19H24F2N6O2/c1-11-10-29-7-4-27(11)19-25-17(12-2-5-28-6-3-12)24-18(26-19)14-9-23-15(22)8-13(14)16(20)21/h8-9,11-12,16H,2-7,10H2,1H3,(H2,22,23)/t11-/m0/s1. The van der Waals surface area contributed by atoms with E-state index in [1.54, 1.807) is 0 Å². The molecule has 2 saturated heterocycles. The van der Waals surface area contributed by atoms with Gasteiger partial charge in [-0.1, -0.05) is 0 Å². The van der Waals surface area contributed by atoms with Crippen LogP contribution >= 0.6 is 0 Å². The molecule has 4 heterocycles. The molecule has 2 fully saturated rings. The second-order valence-electron chi connectivity index (χ2n) is 7.32. The molecule has 2 aliphatic rings. The molecule has 0 amide bonds. The lowest BCUT2D eigenvalue weighted by molar-refractivity contribution is 0.0834. The first-order valence-corrected chi connectivity index (χ1v) is 9.75. The first-order chi connectivity index (χ1) is 14.0. The molecule has 4 rings (SSSR count). The van der Waals surface area contributed by atoms with Gasteiger partial charge in [-0.15, -0.1) is 0 Å². The number of nitrogens with zero attached hydrogens (tertiary/aromatic N) is 5. The highest BCUT2D eigenvalue weighted by Crippen LogP contribution is 2.33. The third-order valence-corrected chi connectivity index (χ3v) is 5.28. The number of hydrogen-bond donors (Lipinski definition) is 1. The third-order valence-electron chi connectivity index (χ3n) is 5.28. The fourth-order valence-electron chi connectivity index (χ4n) is 3.65. The van der Waals surface area contributed by atoms with E-state index in [1.165, 1.54) is 12.3 Å². The fourth-order valence-corrected chi connectivity index (χ4v) is 3.65. The fraction of sp³-hybridized carbons (Fsp3) is 0.579. The number of ether oxygens (including phenoxy) is 2. The molecule has 2 aliphatic heterocycles. The van der Waals surface area contributed by atoms with Crippen LogP contribution in [0.5, 0.6) is 0 Å². The van der Waals surface area contributed by atoms with E-state index in [-0.39, 0.29) is 34.7 Å². The van der Waals surface area contributed by atoms with E-state index in [1.807, 2.05) is 11.8 Å². The van der Waals surface area contributed by atoms with Crippen LogP contribution in [0.4, 0.5) is 20.5 Å². The van der Waals surface area contributed by atoms with Gasteiger partial charge in [-0.3, -0.25) is 0 Å². The highest BCUT2D eigenvalue weighted by Gasteiger charge is 2.27. The van der Waals surface area contributed by atoms with E-state index in [0.717, 1.165) is 12.8 Å². The number of hydrogen-bond acceptors (Lipinski definition) is 8. The molecule has 8 nitrogen and oxygen atoms in total. The molecular formula is C19H24F2N6O2. The van der Waals surface area contributed by atoms with Crippen LogP contribution in [0.1, 0.15) is 43.5 Å². The van der Waals surface area contributed by atoms with Crippen molar-refractivity contribution in [3.05, 3.63) is 23.7 Å². The molecular weight excluding hydrogens is 382 g/mol. The van der Waals surface area contributed by atoms with Crippen molar-refractivity contribution in [1.29, 1.82) is 0 Å². The van der Waals surface area contributed by atoms with Crippen LogP contribution in [0.15, 0.2) is 12.3 Å². The average molecular weight is 406 g/mol. The van der Waals surface area contributed by atoms with Gasteiger partial charge in [-0.2, -0.15) is 9.97 Å². The van der Waals surface area contributed by atoms with Crippen molar-refractivity contribution in [2.45, 2.75) is 38.2 Å². The highest BCUT2D eigenvalue weighted by atomic mass is 19.3. The number of alkyl halides is 2. The SMILES string of the molecule is C[C@H]1COCCN1c1nc(-c2cnc(N)cc2C(F)F)nc(C2CCOCC2)n1. The highest BCUT2D eigenvalue weighted by molar-refractivity contribution is 5.63. The zero-order valence-electron chi connectivity index (χ0n) is 16.2. The molecule has 156 valence electrons. The summed E-state index contributed by atoms with van der Waals surface area (Å²) in [4.78, 5) is 19.8. The van der Waals surface area contributed by atoms with E-state index in [9.17, 15) is 8.78 Å². The van der Waals surface area contributed by atoms with Gasteiger partial charge < -0.3 is 20.1 Å². The Hall–Kier alpha value is -2.46. The summed E-state index contributed by atoms with van der Waals surface area (Å²) in [5.74, 6) is 1.40. The molecule has 2 N–H and O–H groups in total. The second kappa shape index (κ2) is 8.50. The first kappa shape index (κ1) is 19.8. The predicted octanol–water partition coefficient (Wildman–Crippen LogP) is 2.57. The quantitative estimate of drug-likeness (QED) is 0.827. The van der Waals surface area contributed by atoms with Gasteiger partial charge in [-0.25, -0.2) is 18.7 Å². The minimum Gasteiger partial charge on any atom is -0.384 e. The summed E-state index contributed by atoms with van der Waals surface area (Å²) >= 11 is 0. The van der Waals surface area contributed by atoms with Crippen molar-refractivity contribution in [2.24, 2.45) is 0 Å². The molecule has 0 bridgehead atoms. The Morgan fingerprint density at radius 2 is 1.93 bits per heavy atom. The Balaban J connectivity index is 1.81. The van der Waals surface area contributed by atoms with Crippen LogP contribution in [0.3, 0.4) is 0 Å². The van der Waals surface area contributed by atoms with Crippen molar-refractivity contribution in [2.75, 3.05) is 43.6 Å². The number of rotatable bonds is 4. The molecule has 29 heavy (non-hydrogen) atoms. The van der Waals surface area contributed by atoms with Crippen molar-refractivity contribution >= 4 is 11.8 Å². The molecule has 10 heteroatoms. The van der Waals surface area contributed by atoms with Crippen LogP contribution in [-0.4, -0.2) is 59.0 Å². The van der Waals surface area contributed by atoms with Crippen molar-refractivity contribution in [1.82, 2.24) is 19.9 Å². The smallest absolute Gasteiger partial charge is 0.264 e. The zero-order chi connectivity index (χ0) is 20.4. The van der Waals surface area contributed by atoms with E-state index in [4.69, 9.17) is 20.2 Å². The second-order valence-corrected chi connectivity index (χ2v) is 7.32. The summed E-state index contributed by atoms with van der Waals surface area (Å²) < 4.78 is 38.3. The molecule has 1 atom stereocenters. The number of pyridine rings is 1. The van der Waals surface area contributed by atoms with Crippen LogP contribution in [0.2, 0.25) is 0 Å². The van der Waals surface area contributed by atoms with Gasteiger partial charge in [0.2, 0.25) is 5.95 Å². The van der Waals surface area contributed by atoms with Gasteiger partial charge in [0.25, 0.3) is 6.43 Å². The maximum atomic E-state index is 13.7. The van der Waals surface area contributed by atoms with Crippen molar-refractivity contribution in [3.63, 3.8) is 0 Å². The van der Waals surface area contributed by atoms with Gasteiger partial charge >= 0.3 is 0 Å². The Kier molecular flexibility index (Phi) is 5.81. The zero-order valence-corrected chi connectivity index (χ0v) is 16.2. The lowest BCUT2D eigenvalue weighted by Crippen LogP contribution is -2.44. The molecule has 0 unspecified atom stereocenters. The monoisotopic (exact) mass is 406 g/mol. The van der Waals surface area contributed by atoms with Crippen molar-refractivity contribution < 1.29 is 18.3 Å². The summed E-state index contributed by atoms with van der Waals surface area (Å²) in [6, 6.07) is 1.25. The number of aromatic nitrogens is 4. The van der Waals surface area contributed by atoms with Crippen LogP contribution in [0.25, 0.3) is 11.4 Å². The lowest BCUT2D eigenvalue weighted by atomic mass is 9.99. The normalized spacial score (nSPS) is 21.0. The number of halogens is 2. The predicted molar refractivity (Wildman–Crippen MR) is 103 cm³/mol. The summed E-state index contributed by atoms with van der Waals surface area (Å²) in [6.07, 6.45) is 0.156. The van der Waals surface area contributed by atoms with Crippen LogP contribution < -0.4 is 10.6 Å². The number of morpholine rings is 1. The van der Waals surface area contributed by atoms with Crippen LogP contribution in [0, 0.1) is 0 Å². The Bertz CT molecular complexity index is 863. The first-order valence-electron chi connectivity index (χ1n) is 9.75. The molecule has 0 spiro atoms. The summed E-state index contributed by atoms with van der Waals surface area (Å²) in [7, 11) is 0. The number of nitrogens with two attached hydrogens (primary N) is 1. The Labute approximate surface area is 167 Å². The van der Waals surface area contributed by atoms with Crippen LogP contribution in [-0.2, 0) is 9.47 Å². The minimum atomic E-state index is -2.72. The maximum absolute atomic E-state index is 13.7. The summed E-state index contributed by atoms with van der Waals surface area (Å²) in [5.41, 5.74) is 5.56. The summed E-state index contributed by atoms with van der Waals surface area (Å²) in [6.45, 7) is 5.01. The largest absolute Gasteiger partial charge is 0.384 e. The summed E-state index contributed by atoms with van der Waals surface area (Å²) in [5, 5.41) is 0. The van der Waals surface area contributed by atoms with Gasteiger partial charge in [0.05, 0.1) is 19.3 Å². The Morgan fingerprint density at radius 3 is 2.66 bits per heavy atom. The lowest BCUT2D eigenvalue weighted by Gasteiger charge is -2.34. The molecule has 0 aromatic carbocycles. The van der Waals surface area contributed by atoms with E-state index >= 15 is 0 Å². The van der Waals surface area contributed by atoms with Gasteiger partial charge in [-0.05, 0) is 25.8 Å². The van der Waals surface area contributed by atoms with Gasteiger partial charge in [0.15, 0.2) is 5.82 Å². The number of nitrogen functional groups attached to an aromatic ring is 1. The molecule has 2 aromatic rings. The van der Waals surface area contributed by atoms with Gasteiger partial charge in [0, 0.05) is 43.0 Å². The molecule has 2 aromatic heterocycles. The average Bonchev–Trinajstić information content (AvgIpc) is 2.74. The topological polar surface area (TPSA) is 99.3 Å². The number of anilines is 2. The van der Waals surface area contributed by atoms with Gasteiger partial charge in [0.1, 0.15) is 11.6 Å². The van der Waals surface area contributed by atoms with Crippen molar-refractivity contribution in [3.8, 4) is 11.4 Å². The third kappa shape index (κ3) is 4.27. The molecule has 0 aliphatic carbocycles. The minimum absolute atomic E-state index is 0.0322. The maximum Gasteiger partial charge on any atom is 0.264 e. The van der Waals surface area contributed by atoms with E-state index in [2.05, 4.69) is 15.0 Å². The van der Waals surface area contributed by atoms with E-state index in [0.29, 0.717) is 44.7 Å². The van der Waals surface area contributed by atoms with E-state index < -0.39 is 6.43 Å². The molecule has 0 saturated carbocycles. The molecule has 0 radical (unpaired) electrons.